The molecule has 19 heavy (non-hydrogen) atoms. The molecule has 0 spiro atoms. The summed E-state index contributed by atoms with van der Waals surface area (Å²) in [5.74, 6) is -0.364. The van der Waals surface area contributed by atoms with Crippen LogP contribution in [0.3, 0.4) is 0 Å². The molecule has 3 N–H and O–H groups in total. The summed E-state index contributed by atoms with van der Waals surface area (Å²) in [5, 5.41) is 1.94. The lowest BCUT2D eigenvalue weighted by molar-refractivity contribution is -0.130. The molecule has 1 fully saturated rings. The predicted molar refractivity (Wildman–Crippen MR) is 75.1 cm³/mol. The van der Waals surface area contributed by atoms with Crippen molar-refractivity contribution in [1.82, 2.24) is 10.4 Å². The molecule has 1 heterocycles. The van der Waals surface area contributed by atoms with Gasteiger partial charge in [0.05, 0.1) is 11.8 Å². The van der Waals surface area contributed by atoms with Gasteiger partial charge in [-0.3, -0.25) is 10.2 Å². The number of carbonyl (C=O) groups excluding carboxylic acids is 1. The van der Waals surface area contributed by atoms with Crippen LogP contribution in [0.2, 0.25) is 0 Å². The zero-order valence-corrected chi connectivity index (χ0v) is 12.7. The van der Waals surface area contributed by atoms with Crippen LogP contribution < -0.4 is 11.2 Å². The van der Waals surface area contributed by atoms with Crippen LogP contribution in [0.1, 0.15) is 39.5 Å². The Morgan fingerprint density at radius 3 is 2.37 bits per heavy atom. The van der Waals surface area contributed by atoms with E-state index < -0.39 is 15.9 Å². The Hall–Kier alpha value is -0.660. The molecule has 1 saturated heterocycles. The van der Waals surface area contributed by atoms with E-state index in [2.05, 4.69) is 19.3 Å². The quantitative estimate of drug-likeness (QED) is 0.746. The molecule has 0 radical (unpaired) electrons. The van der Waals surface area contributed by atoms with Crippen molar-refractivity contribution in [3.05, 3.63) is 0 Å². The molecule has 1 rings (SSSR count). The van der Waals surface area contributed by atoms with Crippen molar-refractivity contribution < 1.29 is 13.2 Å². The molecule has 1 amide bonds. The van der Waals surface area contributed by atoms with Crippen LogP contribution in [0.25, 0.3) is 0 Å². The summed E-state index contributed by atoms with van der Waals surface area (Å²) >= 11 is 0. The molecule has 6 nitrogen and oxygen atoms in total. The van der Waals surface area contributed by atoms with Crippen molar-refractivity contribution in [1.29, 1.82) is 0 Å². The van der Waals surface area contributed by atoms with Crippen LogP contribution in [0, 0.1) is 0 Å². The number of nitrogens with zero attached hydrogens (tertiary/aromatic N) is 1. The topological polar surface area (TPSA) is 92.5 Å². The van der Waals surface area contributed by atoms with Crippen molar-refractivity contribution in [2.75, 3.05) is 12.0 Å². The molecule has 0 aromatic rings. The van der Waals surface area contributed by atoms with Gasteiger partial charge in [-0.05, 0) is 33.1 Å². The number of carbonyl (C=O) groups is 1. The zero-order valence-electron chi connectivity index (χ0n) is 11.9. The Labute approximate surface area is 115 Å². The van der Waals surface area contributed by atoms with Gasteiger partial charge in [0.15, 0.2) is 0 Å². The van der Waals surface area contributed by atoms with Crippen molar-refractivity contribution in [2.45, 2.75) is 57.7 Å². The lowest BCUT2D eigenvalue weighted by Crippen LogP contribution is -2.57. The van der Waals surface area contributed by atoms with Gasteiger partial charge < -0.3 is 5.73 Å². The van der Waals surface area contributed by atoms with E-state index in [1.807, 2.05) is 5.01 Å². The fraction of sp³-hybridized carbons (Fsp3) is 0.917. The predicted octanol–water partition coefficient (Wildman–Crippen LogP) is 0.0425. The van der Waals surface area contributed by atoms with E-state index in [0.717, 1.165) is 25.5 Å². The highest BCUT2D eigenvalue weighted by Crippen LogP contribution is 2.20. The van der Waals surface area contributed by atoms with Crippen LogP contribution >= 0.6 is 0 Å². The van der Waals surface area contributed by atoms with Crippen molar-refractivity contribution in [3.8, 4) is 0 Å². The third kappa shape index (κ3) is 5.46. The monoisotopic (exact) mass is 291 g/mol. The minimum atomic E-state index is -3.08. The second-order valence-corrected chi connectivity index (χ2v) is 7.80. The molecule has 0 aromatic carbocycles. The number of sulfone groups is 1. The van der Waals surface area contributed by atoms with Gasteiger partial charge in [-0.25, -0.2) is 13.4 Å². The smallest absolute Gasteiger partial charge is 0.251 e. The maximum Gasteiger partial charge on any atom is 0.251 e. The van der Waals surface area contributed by atoms with E-state index in [4.69, 9.17) is 5.73 Å². The molecule has 3 unspecified atom stereocenters. The summed E-state index contributed by atoms with van der Waals surface area (Å²) in [5.41, 5.74) is 8.56. The van der Waals surface area contributed by atoms with E-state index in [-0.39, 0.29) is 30.2 Å². The summed E-state index contributed by atoms with van der Waals surface area (Å²) in [6, 6.07) is -0.208. The van der Waals surface area contributed by atoms with E-state index in [0.29, 0.717) is 0 Å². The molecule has 7 heteroatoms. The second kappa shape index (κ2) is 6.67. The first kappa shape index (κ1) is 16.4. The molecule has 1 aliphatic rings. The number of piperidine rings is 1. The molecular formula is C12H25N3O3S. The van der Waals surface area contributed by atoms with Gasteiger partial charge in [0.2, 0.25) is 0 Å². The summed E-state index contributed by atoms with van der Waals surface area (Å²) in [6.07, 6.45) is 4.55. The fourth-order valence-electron chi connectivity index (χ4n) is 2.32. The first-order valence-corrected chi connectivity index (χ1v) is 8.79. The molecular weight excluding hydrogens is 266 g/mol. The van der Waals surface area contributed by atoms with Gasteiger partial charge in [-0.2, -0.15) is 0 Å². The first-order valence-electron chi connectivity index (χ1n) is 6.73. The number of hydrogen-bond donors (Lipinski definition) is 2. The summed E-state index contributed by atoms with van der Waals surface area (Å²) in [7, 11) is -3.08. The average Bonchev–Trinajstić information content (AvgIpc) is 2.29. The summed E-state index contributed by atoms with van der Waals surface area (Å²) in [6.45, 7) is 4.13. The fourth-order valence-corrected chi connectivity index (χ4v) is 3.01. The van der Waals surface area contributed by atoms with E-state index >= 15 is 0 Å². The Balaban J connectivity index is 2.49. The molecule has 0 bridgehead atoms. The number of rotatable bonds is 5. The Bertz CT molecular complexity index is 400. The van der Waals surface area contributed by atoms with Crippen LogP contribution in [0.5, 0.6) is 0 Å². The maximum atomic E-state index is 11.9. The standard InChI is InChI=1S/C12H25N3O3S/c1-9-5-4-6-10(2)15(9)14-12(16)11(13)7-8-19(3,17)18/h9-11H,4-8,13H2,1-3H3,(H,14,16). The van der Waals surface area contributed by atoms with E-state index in [9.17, 15) is 13.2 Å². The Kier molecular flexibility index (Phi) is 5.76. The number of hydrogen-bond acceptors (Lipinski definition) is 5. The van der Waals surface area contributed by atoms with Crippen LogP contribution in [0.15, 0.2) is 0 Å². The molecule has 0 aliphatic carbocycles. The third-order valence-corrected chi connectivity index (χ3v) is 4.55. The second-order valence-electron chi connectivity index (χ2n) is 5.54. The number of amides is 1. The van der Waals surface area contributed by atoms with Crippen molar-refractivity contribution in [2.24, 2.45) is 5.73 Å². The highest BCUT2D eigenvalue weighted by Gasteiger charge is 2.27. The number of nitrogens with two attached hydrogens (primary N) is 1. The van der Waals surface area contributed by atoms with Crippen LogP contribution in [0.4, 0.5) is 0 Å². The number of hydrazine groups is 1. The molecule has 112 valence electrons. The number of nitrogens with one attached hydrogen (secondary N) is 1. The molecule has 3 atom stereocenters. The summed E-state index contributed by atoms with van der Waals surface area (Å²) < 4.78 is 22.1. The van der Waals surface area contributed by atoms with Crippen molar-refractivity contribution in [3.63, 3.8) is 0 Å². The van der Waals surface area contributed by atoms with Gasteiger partial charge in [0, 0.05) is 18.3 Å². The highest BCUT2D eigenvalue weighted by atomic mass is 32.2. The van der Waals surface area contributed by atoms with Crippen molar-refractivity contribution >= 4 is 15.7 Å². The van der Waals surface area contributed by atoms with Crippen LogP contribution in [-0.2, 0) is 14.6 Å². The normalized spacial score (nSPS) is 26.9. The molecule has 0 saturated carbocycles. The van der Waals surface area contributed by atoms with Gasteiger partial charge in [0.1, 0.15) is 9.84 Å². The minimum Gasteiger partial charge on any atom is -0.320 e. The van der Waals surface area contributed by atoms with Gasteiger partial charge in [-0.15, -0.1) is 0 Å². The van der Waals surface area contributed by atoms with E-state index in [1.54, 1.807) is 0 Å². The third-order valence-electron chi connectivity index (χ3n) is 3.57. The summed E-state index contributed by atoms with van der Waals surface area (Å²) in [4.78, 5) is 11.9. The first-order chi connectivity index (χ1) is 8.70. The minimum absolute atomic E-state index is 0.0628. The Morgan fingerprint density at radius 2 is 1.89 bits per heavy atom. The average molecular weight is 291 g/mol. The maximum absolute atomic E-state index is 11.9. The Morgan fingerprint density at radius 1 is 1.37 bits per heavy atom. The largest absolute Gasteiger partial charge is 0.320 e. The zero-order chi connectivity index (χ0) is 14.6. The highest BCUT2D eigenvalue weighted by molar-refractivity contribution is 7.90. The lowest BCUT2D eigenvalue weighted by atomic mass is 10.00. The molecule has 1 aliphatic heterocycles. The van der Waals surface area contributed by atoms with Gasteiger partial charge >= 0.3 is 0 Å². The van der Waals surface area contributed by atoms with E-state index in [1.165, 1.54) is 0 Å². The van der Waals surface area contributed by atoms with Crippen LogP contribution in [-0.4, -0.2) is 49.5 Å². The lowest BCUT2D eigenvalue weighted by Gasteiger charge is -2.39. The van der Waals surface area contributed by atoms with Gasteiger partial charge in [-0.1, -0.05) is 6.42 Å². The van der Waals surface area contributed by atoms with Gasteiger partial charge in [0.25, 0.3) is 5.91 Å². The molecule has 0 aromatic heterocycles. The SMILES string of the molecule is CC1CCCC(C)N1NC(=O)C(N)CCS(C)(=O)=O.